The van der Waals surface area contributed by atoms with Crippen LogP contribution >= 0.6 is 0 Å². The summed E-state index contributed by atoms with van der Waals surface area (Å²) in [5.74, 6) is 6.29. The van der Waals surface area contributed by atoms with E-state index in [1.165, 1.54) is 5.01 Å². The number of anilines is 1. The molecule has 0 atom stereocenters. The molecular formula is C26H31N5O. The highest BCUT2D eigenvalue weighted by Crippen LogP contribution is 2.24. The number of hydrogen-bond acceptors (Lipinski definition) is 5. The number of nitrogens with zero attached hydrogens (tertiary/aromatic N) is 3. The van der Waals surface area contributed by atoms with Crippen molar-refractivity contribution in [2.75, 3.05) is 18.1 Å². The number of allylic oxidation sites excluding steroid dienone is 1. The van der Waals surface area contributed by atoms with E-state index in [0.29, 0.717) is 25.2 Å². The molecule has 0 radical (unpaired) electrons. The Labute approximate surface area is 190 Å². The lowest BCUT2D eigenvalue weighted by atomic mass is 10.0. The molecule has 0 unspecified atom stereocenters. The Balaban J connectivity index is 1.96. The van der Waals surface area contributed by atoms with E-state index >= 15 is 0 Å². The Kier molecular flexibility index (Phi) is 7.63. The first kappa shape index (κ1) is 23.0. The Morgan fingerprint density at radius 3 is 2.16 bits per heavy atom. The van der Waals surface area contributed by atoms with E-state index in [0.717, 1.165) is 27.9 Å². The monoisotopic (exact) mass is 429 g/mol. The third-order valence-electron chi connectivity index (χ3n) is 5.52. The Hall–Kier alpha value is -3.64. The summed E-state index contributed by atoms with van der Waals surface area (Å²) in [6.07, 6.45) is 4.02. The predicted molar refractivity (Wildman–Crippen MR) is 130 cm³/mol. The molecule has 6 heteroatoms. The van der Waals surface area contributed by atoms with Gasteiger partial charge in [-0.25, -0.2) is 5.84 Å². The van der Waals surface area contributed by atoms with Crippen molar-refractivity contribution in [3.05, 3.63) is 95.6 Å². The van der Waals surface area contributed by atoms with Crippen molar-refractivity contribution in [2.24, 2.45) is 11.6 Å². The minimum atomic E-state index is -0.209. The molecule has 0 spiro atoms. The standard InChI is InChI=1S/C26H31N5O/c1-4-30(5-2)26(32)25(27)24(31(28)23-14-8-19(3)9-15-23)17-20-10-12-21(13-11-20)22-7-6-16-29-18-22/h6-16,18H,4-5,17,27-28H2,1-3H3/b25-24-. The molecule has 0 aliphatic carbocycles. The molecule has 1 amide bonds. The maximum absolute atomic E-state index is 13.0. The fourth-order valence-electron chi connectivity index (χ4n) is 3.52. The fourth-order valence-corrected chi connectivity index (χ4v) is 3.52. The van der Waals surface area contributed by atoms with Crippen molar-refractivity contribution in [1.29, 1.82) is 0 Å². The van der Waals surface area contributed by atoms with Crippen LogP contribution in [0, 0.1) is 6.92 Å². The van der Waals surface area contributed by atoms with E-state index in [4.69, 9.17) is 11.6 Å². The number of hydrazine groups is 1. The second-order valence-corrected chi connectivity index (χ2v) is 7.66. The number of rotatable bonds is 8. The molecule has 1 heterocycles. The summed E-state index contributed by atoms with van der Waals surface area (Å²) in [4.78, 5) is 18.9. The molecule has 0 aliphatic rings. The van der Waals surface area contributed by atoms with Gasteiger partial charge < -0.3 is 10.6 Å². The van der Waals surface area contributed by atoms with Gasteiger partial charge in [-0.2, -0.15) is 0 Å². The van der Waals surface area contributed by atoms with Gasteiger partial charge in [-0.15, -0.1) is 0 Å². The molecule has 32 heavy (non-hydrogen) atoms. The topological polar surface area (TPSA) is 88.5 Å². The second kappa shape index (κ2) is 10.6. The number of benzene rings is 2. The van der Waals surface area contributed by atoms with Crippen LogP contribution in [0.15, 0.2) is 84.5 Å². The molecule has 1 aromatic heterocycles. The highest BCUT2D eigenvalue weighted by molar-refractivity contribution is 5.94. The number of aromatic nitrogens is 1. The number of likely N-dealkylation sites (N-methyl/N-ethyl adjacent to an activating group) is 1. The van der Waals surface area contributed by atoms with Crippen LogP contribution < -0.4 is 16.6 Å². The van der Waals surface area contributed by atoms with Gasteiger partial charge in [-0.1, -0.05) is 48.0 Å². The average molecular weight is 430 g/mol. The van der Waals surface area contributed by atoms with Crippen LogP contribution in [-0.4, -0.2) is 28.9 Å². The van der Waals surface area contributed by atoms with Crippen LogP contribution in [-0.2, 0) is 11.2 Å². The molecule has 6 nitrogen and oxygen atoms in total. The lowest BCUT2D eigenvalue weighted by Gasteiger charge is -2.26. The van der Waals surface area contributed by atoms with E-state index in [9.17, 15) is 4.79 Å². The van der Waals surface area contributed by atoms with Crippen LogP contribution in [0.2, 0.25) is 0 Å². The number of carbonyl (C=O) groups is 1. The first-order chi connectivity index (χ1) is 15.4. The smallest absolute Gasteiger partial charge is 0.271 e. The lowest BCUT2D eigenvalue weighted by Crippen LogP contribution is -2.40. The zero-order valence-electron chi connectivity index (χ0n) is 19.0. The summed E-state index contributed by atoms with van der Waals surface area (Å²) in [6.45, 7) is 7.05. The molecule has 4 N–H and O–H groups in total. The van der Waals surface area contributed by atoms with Crippen molar-refractivity contribution in [2.45, 2.75) is 27.2 Å². The summed E-state index contributed by atoms with van der Waals surface area (Å²) in [5, 5.41) is 1.52. The van der Waals surface area contributed by atoms with Crippen LogP contribution in [0.25, 0.3) is 11.1 Å². The quantitative estimate of drug-likeness (QED) is 0.321. The molecule has 0 bridgehead atoms. The van der Waals surface area contributed by atoms with E-state index < -0.39 is 0 Å². The van der Waals surface area contributed by atoms with Crippen molar-refractivity contribution in [1.82, 2.24) is 9.88 Å². The Bertz CT molecular complexity index is 1060. The van der Waals surface area contributed by atoms with Gasteiger partial charge in [0, 0.05) is 31.9 Å². The summed E-state index contributed by atoms with van der Waals surface area (Å²) in [6, 6.07) is 19.9. The number of amides is 1. The van der Waals surface area contributed by atoms with Crippen molar-refractivity contribution in [3.63, 3.8) is 0 Å². The molecule has 0 fully saturated rings. The minimum Gasteiger partial charge on any atom is -0.393 e. The van der Waals surface area contributed by atoms with Gasteiger partial charge in [-0.05, 0) is 55.7 Å². The maximum atomic E-state index is 13.0. The highest BCUT2D eigenvalue weighted by Gasteiger charge is 2.21. The molecule has 3 aromatic rings. The normalized spacial score (nSPS) is 11.6. The summed E-state index contributed by atoms with van der Waals surface area (Å²) in [5.41, 5.74) is 12.2. The van der Waals surface area contributed by atoms with E-state index in [1.54, 1.807) is 11.1 Å². The molecule has 0 saturated heterocycles. The predicted octanol–water partition coefficient (Wildman–Crippen LogP) is 4.02. The van der Waals surface area contributed by atoms with Gasteiger partial charge in [0.1, 0.15) is 5.70 Å². The molecule has 0 saturated carbocycles. The van der Waals surface area contributed by atoms with Crippen molar-refractivity contribution in [3.8, 4) is 11.1 Å². The maximum Gasteiger partial charge on any atom is 0.271 e. The highest BCUT2D eigenvalue weighted by atomic mass is 16.2. The van der Waals surface area contributed by atoms with Gasteiger partial charge in [-0.3, -0.25) is 14.8 Å². The summed E-state index contributed by atoms with van der Waals surface area (Å²) < 4.78 is 0. The Morgan fingerprint density at radius 1 is 0.938 bits per heavy atom. The van der Waals surface area contributed by atoms with Gasteiger partial charge in [0.2, 0.25) is 0 Å². The van der Waals surface area contributed by atoms with Crippen molar-refractivity contribution < 1.29 is 4.79 Å². The minimum absolute atomic E-state index is 0.160. The number of pyridine rings is 1. The summed E-state index contributed by atoms with van der Waals surface area (Å²) >= 11 is 0. The van der Waals surface area contributed by atoms with Crippen LogP contribution in [0.4, 0.5) is 5.69 Å². The largest absolute Gasteiger partial charge is 0.393 e. The van der Waals surface area contributed by atoms with Crippen LogP contribution in [0.1, 0.15) is 25.0 Å². The van der Waals surface area contributed by atoms with Gasteiger partial charge in [0.25, 0.3) is 5.91 Å². The first-order valence-electron chi connectivity index (χ1n) is 10.8. The van der Waals surface area contributed by atoms with E-state index in [-0.39, 0.29) is 11.6 Å². The van der Waals surface area contributed by atoms with Crippen LogP contribution in [0.5, 0.6) is 0 Å². The summed E-state index contributed by atoms with van der Waals surface area (Å²) in [7, 11) is 0. The number of aryl methyl sites for hydroxylation is 1. The molecule has 2 aromatic carbocycles. The first-order valence-corrected chi connectivity index (χ1v) is 10.8. The van der Waals surface area contributed by atoms with E-state index in [1.807, 2.05) is 87.6 Å². The number of carbonyl (C=O) groups excluding carboxylic acids is 1. The zero-order valence-corrected chi connectivity index (χ0v) is 19.0. The van der Waals surface area contributed by atoms with Gasteiger partial charge in [0.05, 0.1) is 11.4 Å². The van der Waals surface area contributed by atoms with Crippen LogP contribution in [0.3, 0.4) is 0 Å². The molecule has 0 aliphatic heterocycles. The van der Waals surface area contributed by atoms with Crippen molar-refractivity contribution >= 4 is 11.6 Å². The molecule has 166 valence electrons. The van der Waals surface area contributed by atoms with Gasteiger partial charge in [0.15, 0.2) is 0 Å². The fraction of sp³-hybridized carbons (Fsp3) is 0.231. The molecule has 3 rings (SSSR count). The zero-order chi connectivity index (χ0) is 23.1. The lowest BCUT2D eigenvalue weighted by molar-refractivity contribution is -0.126. The average Bonchev–Trinajstić information content (AvgIpc) is 2.84. The van der Waals surface area contributed by atoms with E-state index in [2.05, 4.69) is 4.98 Å². The Morgan fingerprint density at radius 2 is 1.59 bits per heavy atom. The second-order valence-electron chi connectivity index (χ2n) is 7.66. The van der Waals surface area contributed by atoms with Gasteiger partial charge >= 0.3 is 0 Å². The third kappa shape index (κ3) is 5.34. The molecular weight excluding hydrogens is 398 g/mol. The SMILES string of the molecule is CCN(CC)C(=O)/C(N)=C(\Cc1ccc(-c2cccnc2)cc1)N(N)c1ccc(C)cc1. The number of nitrogens with two attached hydrogens (primary N) is 2. The third-order valence-corrected chi connectivity index (χ3v) is 5.52. The number of hydrogen-bond donors (Lipinski definition) is 2.